The molecule has 7 aliphatic heterocycles. The molecular weight excluding hydrogens is 1330 g/mol. The highest BCUT2D eigenvalue weighted by Crippen LogP contribution is 2.76. The van der Waals surface area contributed by atoms with E-state index in [2.05, 4.69) is 47.6 Å². The summed E-state index contributed by atoms with van der Waals surface area (Å²) in [6.45, 7) is 14.5. The highest BCUT2D eigenvalue weighted by molar-refractivity contribution is 5.83. The van der Waals surface area contributed by atoms with Crippen molar-refractivity contribution in [1.29, 1.82) is 0 Å². The molecule has 14 N–H and O–H groups in total. The van der Waals surface area contributed by atoms with Crippen molar-refractivity contribution < 1.29 is 157 Å². The molecule has 32 heteroatoms. The van der Waals surface area contributed by atoms with Crippen molar-refractivity contribution in [2.24, 2.45) is 45.3 Å². The number of cyclic esters (lactones) is 1. The average molecular weight is 1440 g/mol. The van der Waals surface area contributed by atoms with E-state index in [-0.39, 0.29) is 41.0 Å². The van der Waals surface area contributed by atoms with Crippen molar-refractivity contribution in [3.63, 3.8) is 0 Å². The van der Waals surface area contributed by atoms with Crippen LogP contribution in [0.2, 0.25) is 0 Å². The van der Waals surface area contributed by atoms with E-state index in [0.29, 0.717) is 38.5 Å². The third kappa shape index (κ3) is 13.9. The highest BCUT2D eigenvalue weighted by Gasteiger charge is 2.77. The molecule has 574 valence electrons. The Balaban J connectivity index is 0.828. The van der Waals surface area contributed by atoms with Gasteiger partial charge in [0.1, 0.15) is 140 Å². The summed E-state index contributed by atoms with van der Waals surface area (Å²) >= 11 is 0. The Morgan fingerprint density at radius 1 is 0.560 bits per heavy atom. The highest BCUT2D eigenvalue weighted by atomic mass is 16.8. The normalized spacial score (nSPS) is 51.3. The number of hydrogen-bond donors (Lipinski definition) is 14. The van der Waals surface area contributed by atoms with Gasteiger partial charge in [0.15, 0.2) is 37.7 Å². The molecule has 0 aromatic heterocycles. The predicted octanol–water partition coefficient (Wildman–Crippen LogP) is -2.82. The maximum Gasteiger partial charge on any atom is 0.313 e. The van der Waals surface area contributed by atoms with Crippen LogP contribution in [-0.2, 0) is 85.4 Å². The van der Waals surface area contributed by atoms with E-state index in [4.69, 9.17) is 75.8 Å². The second-order valence-electron chi connectivity index (χ2n) is 31.4. The van der Waals surface area contributed by atoms with Gasteiger partial charge in [0.2, 0.25) is 0 Å². The summed E-state index contributed by atoms with van der Waals surface area (Å²) in [6.07, 6.45) is -38.9. The number of rotatable bonds is 22. The summed E-state index contributed by atoms with van der Waals surface area (Å²) in [6, 6.07) is 0. The molecule has 37 atom stereocenters. The van der Waals surface area contributed by atoms with E-state index in [1.165, 1.54) is 33.6 Å². The second kappa shape index (κ2) is 30.7. The standard InChI is InChI=1S/C68H110O32/c1-27(2)20-30(90-29(4)72)21-67(9)39-15-18-66(8)32-12-13-38-64(5,6)40(16-17-65(38,7)31(32)14-19-68(39,66)63(84)100-67)95-62-56(44(77)37(26-88-62)94-59-50(83)55(43(76)36(24-71)91-59)98-61-49(82)54(86-11)42(75)35(23-70)93-61)99-58-46(79)45(78)51(28(3)89-58)96-57-47(80)52(33(73)25-87-57)97-60-48(81)53(85-10)41(74)34(22-69)92-60/h12,27-28,30-31,33-62,69-71,73-83H,13-26H2,1-11H3/t28-,30+,31-,33-,34-,35-,36-,37-,38+,39-,40+,41-,42-,43-,44+,45-,46-,47-,48-,49-,50-,51-,52+,53+,54+,55+,56-,57+,58?,59+,60+,61+,62+,65-,66+,67+,68?/m1/s1. The number of aliphatic hydroxyl groups is 14. The van der Waals surface area contributed by atoms with E-state index < -0.39 is 239 Å². The van der Waals surface area contributed by atoms with Gasteiger partial charge >= 0.3 is 11.9 Å². The van der Waals surface area contributed by atoms with Crippen molar-refractivity contribution in [2.75, 3.05) is 47.3 Å². The van der Waals surface area contributed by atoms with Crippen LogP contribution in [0.25, 0.3) is 0 Å². The molecule has 0 aromatic rings. The van der Waals surface area contributed by atoms with Gasteiger partial charge in [-0.3, -0.25) is 9.59 Å². The fourth-order valence-corrected chi connectivity index (χ4v) is 19.6. The molecule has 0 aromatic carbocycles. The summed E-state index contributed by atoms with van der Waals surface area (Å²) in [5, 5.41) is 156. The molecule has 11 aliphatic rings. The van der Waals surface area contributed by atoms with Gasteiger partial charge in [0, 0.05) is 38.9 Å². The summed E-state index contributed by atoms with van der Waals surface area (Å²) in [7, 11) is 2.40. The summed E-state index contributed by atoms with van der Waals surface area (Å²) in [5.74, 6) is -0.347. The number of allylic oxidation sites excluding steroid dienone is 2. The van der Waals surface area contributed by atoms with Crippen LogP contribution in [0.1, 0.15) is 120 Å². The Morgan fingerprint density at radius 3 is 1.67 bits per heavy atom. The first kappa shape index (κ1) is 78.6. The first-order chi connectivity index (χ1) is 47.2. The molecule has 3 saturated carbocycles. The number of ether oxygens (including phenoxy) is 16. The van der Waals surface area contributed by atoms with Crippen LogP contribution in [0.5, 0.6) is 0 Å². The smallest absolute Gasteiger partial charge is 0.313 e. The number of carbonyl (C=O) groups excluding carboxylic acids is 2. The summed E-state index contributed by atoms with van der Waals surface area (Å²) in [4.78, 5) is 27.2. The molecule has 10 fully saturated rings. The van der Waals surface area contributed by atoms with Gasteiger partial charge in [-0.2, -0.15) is 0 Å². The minimum Gasteiger partial charge on any atom is -0.462 e. The topological polar surface area (TPSA) is 465 Å². The molecule has 32 nitrogen and oxygen atoms in total. The summed E-state index contributed by atoms with van der Waals surface area (Å²) in [5.41, 5.74) is -1.80. The molecule has 0 radical (unpaired) electrons. The fourth-order valence-electron chi connectivity index (χ4n) is 19.6. The zero-order valence-corrected chi connectivity index (χ0v) is 58.7. The van der Waals surface area contributed by atoms with Gasteiger partial charge in [-0.25, -0.2) is 0 Å². The molecule has 100 heavy (non-hydrogen) atoms. The number of methoxy groups -OCH3 is 2. The molecule has 0 amide bonds. The number of hydrogen-bond acceptors (Lipinski definition) is 32. The number of esters is 2. The van der Waals surface area contributed by atoms with Crippen LogP contribution in [0.4, 0.5) is 0 Å². The number of fused-ring (bicyclic) bond motifs is 4. The van der Waals surface area contributed by atoms with Gasteiger partial charge in [-0.15, -0.1) is 0 Å². The van der Waals surface area contributed by atoms with Crippen LogP contribution in [0.15, 0.2) is 11.6 Å². The Kier molecular flexibility index (Phi) is 24.1. The molecule has 1 spiro atoms. The Bertz CT molecular complexity index is 2800. The minimum atomic E-state index is -2.02. The third-order valence-corrected chi connectivity index (χ3v) is 24.7. The van der Waals surface area contributed by atoms with Crippen molar-refractivity contribution >= 4 is 11.9 Å². The molecule has 11 rings (SSSR count). The largest absolute Gasteiger partial charge is 0.462 e. The molecule has 7 saturated heterocycles. The average Bonchev–Trinajstić information content (AvgIpc) is 1.47. The van der Waals surface area contributed by atoms with Crippen molar-refractivity contribution in [1.82, 2.24) is 0 Å². The molecule has 7 heterocycles. The monoisotopic (exact) mass is 1440 g/mol. The Labute approximate surface area is 581 Å². The first-order valence-corrected chi connectivity index (χ1v) is 35.4. The van der Waals surface area contributed by atoms with Crippen molar-refractivity contribution in [3.8, 4) is 0 Å². The lowest BCUT2D eigenvalue weighted by molar-refractivity contribution is -0.394. The quantitative estimate of drug-likeness (QED) is 0.0384. The first-order valence-electron chi connectivity index (χ1n) is 35.4. The van der Waals surface area contributed by atoms with Gasteiger partial charge in [0.05, 0.1) is 50.7 Å². The van der Waals surface area contributed by atoms with Crippen LogP contribution >= 0.6 is 0 Å². The molecular formula is C68H110O32. The zero-order valence-electron chi connectivity index (χ0n) is 58.7. The van der Waals surface area contributed by atoms with Crippen LogP contribution in [-0.4, -0.2) is 321 Å². The van der Waals surface area contributed by atoms with E-state index in [0.717, 1.165) is 19.3 Å². The Hall–Kier alpha value is -2.44. The predicted molar refractivity (Wildman–Crippen MR) is 335 cm³/mol. The van der Waals surface area contributed by atoms with Gasteiger partial charge in [-0.1, -0.05) is 53.2 Å². The molecule has 2 unspecified atom stereocenters. The van der Waals surface area contributed by atoms with Crippen LogP contribution < -0.4 is 0 Å². The van der Waals surface area contributed by atoms with Crippen LogP contribution in [0, 0.1) is 45.3 Å². The number of carbonyl (C=O) groups is 2. The molecule has 0 bridgehead atoms. The van der Waals surface area contributed by atoms with Crippen molar-refractivity contribution in [3.05, 3.63) is 11.6 Å². The van der Waals surface area contributed by atoms with E-state index in [1.807, 2.05) is 6.92 Å². The van der Waals surface area contributed by atoms with Gasteiger partial charge < -0.3 is 147 Å². The SMILES string of the molecule is CO[C@@H]1[C@@H](O)[C@H](O[C@@H]2[C@@H](O)[C@H](O[C@@H]3CO[C@@H](O[C@H]4CC[C@]5(C)[C@@H]6CCC78C(=O)O[C@@](C)(C[C@H](CC(C)C)OC(C)=O)[C@H]7CC[C@@]8(C)C6=CC[C@H]5C4(C)C)[C@H](OC4O[C@H](C)[C@@H](O[C@@H]5OC[C@@H](O)[C@H](O[C@@H]6O[C@H](CO)[C@@H](O)[C@H](OC)[C@H]6O)[C@H]5O)[C@H](O)[C@H]4O)[C@H]3O)O[C@H](CO)[C@H]2O)O[C@H](CO)[C@H]1O. The fraction of sp³-hybridized carbons (Fsp3) is 0.941. The third-order valence-electron chi connectivity index (χ3n) is 24.7. The number of aliphatic hydroxyl groups excluding tert-OH is 14. The van der Waals surface area contributed by atoms with Gasteiger partial charge in [0.25, 0.3) is 0 Å². The minimum absolute atomic E-state index is 0.0151. The van der Waals surface area contributed by atoms with E-state index >= 15 is 0 Å². The van der Waals surface area contributed by atoms with E-state index in [9.17, 15) is 81.1 Å². The second-order valence-corrected chi connectivity index (χ2v) is 31.4. The maximum absolute atomic E-state index is 14.8. The summed E-state index contributed by atoms with van der Waals surface area (Å²) < 4.78 is 96.2. The lowest BCUT2D eigenvalue weighted by atomic mass is 9.41. The van der Waals surface area contributed by atoms with Gasteiger partial charge in [-0.05, 0) is 93.8 Å². The van der Waals surface area contributed by atoms with Crippen LogP contribution in [0.3, 0.4) is 0 Å². The van der Waals surface area contributed by atoms with E-state index in [1.54, 1.807) is 0 Å². The lowest BCUT2D eigenvalue weighted by Gasteiger charge is -2.64. The zero-order chi connectivity index (χ0) is 72.8. The molecule has 4 aliphatic carbocycles. The Morgan fingerprint density at radius 2 is 1.09 bits per heavy atom. The maximum atomic E-state index is 14.8. The lowest BCUT2D eigenvalue weighted by Crippen LogP contribution is -2.67. The van der Waals surface area contributed by atoms with Crippen molar-refractivity contribution in [2.45, 2.75) is 310 Å².